The molecule has 0 aromatic heterocycles. The van der Waals surface area contributed by atoms with E-state index in [1.165, 1.54) is 12.8 Å². The third-order valence-corrected chi connectivity index (χ3v) is 3.69. The van der Waals surface area contributed by atoms with Crippen LogP contribution in [0.2, 0.25) is 0 Å². The lowest BCUT2D eigenvalue weighted by Gasteiger charge is -2.22. The minimum atomic E-state index is 0.0574. The molecule has 0 spiro atoms. The minimum absolute atomic E-state index is 0.0574. The third kappa shape index (κ3) is 3.57. The number of carbonyl (C=O) groups excluding carboxylic acids is 1. The van der Waals surface area contributed by atoms with E-state index < -0.39 is 0 Å². The van der Waals surface area contributed by atoms with Gasteiger partial charge in [-0.1, -0.05) is 18.2 Å². The van der Waals surface area contributed by atoms with Crippen molar-refractivity contribution in [1.29, 1.82) is 0 Å². The first-order chi connectivity index (χ1) is 8.77. The largest absolute Gasteiger partial charge is 0.352 e. The fourth-order valence-electron chi connectivity index (χ4n) is 2.48. The SMILES string of the molecule is Cc1ccccc1C(=O)NCCC1CCNCC1. The van der Waals surface area contributed by atoms with E-state index in [-0.39, 0.29) is 5.91 Å². The molecular formula is C15H22N2O. The summed E-state index contributed by atoms with van der Waals surface area (Å²) < 4.78 is 0. The Morgan fingerprint density at radius 1 is 1.33 bits per heavy atom. The molecule has 1 saturated heterocycles. The maximum absolute atomic E-state index is 12.0. The molecule has 0 aliphatic carbocycles. The standard InChI is InChI=1S/C15H22N2O/c1-12-4-2-3-5-14(12)15(18)17-11-8-13-6-9-16-10-7-13/h2-5,13,16H,6-11H2,1H3,(H,17,18). The second-order valence-electron chi connectivity index (χ2n) is 5.05. The lowest BCUT2D eigenvalue weighted by molar-refractivity contribution is 0.0950. The molecule has 1 heterocycles. The van der Waals surface area contributed by atoms with Gasteiger partial charge in [0.25, 0.3) is 5.91 Å². The van der Waals surface area contributed by atoms with Gasteiger partial charge in [-0.15, -0.1) is 0 Å². The second-order valence-corrected chi connectivity index (χ2v) is 5.05. The first kappa shape index (κ1) is 13.1. The number of nitrogens with one attached hydrogen (secondary N) is 2. The van der Waals surface area contributed by atoms with Crippen LogP contribution in [0.3, 0.4) is 0 Å². The zero-order valence-electron chi connectivity index (χ0n) is 11.0. The number of amides is 1. The molecule has 0 unspecified atom stereocenters. The highest BCUT2D eigenvalue weighted by atomic mass is 16.1. The summed E-state index contributed by atoms with van der Waals surface area (Å²) in [6.07, 6.45) is 3.57. The van der Waals surface area contributed by atoms with Crippen LogP contribution in [0.15, 0.2) is 24.3 Å². The van der Waals surface area contributed by atoms with Crippen molar-refractivity contribution in [2.75, 3.05) is 19.6 Å². The van der Waals surface area contributed by atoms with Crippen LogP contribution >= 0.6 is 0 Å². The van der Waals surface area contributed by atoms with Gasteiger partial charge in [0.2, 0.25) is 0 Å². The van der Waals surface area contributed by atoms with E-state index in [0.29, 0.717) is 0 Å². The zero-order valence-corrected chi connectivity index (χ0v) is 11.0. The summed E-state index contributed by atoms with van der Waals surface area (Å²) in [7, 11) is 0. The maximum atomic E-state index is 12.0. The second kappa shape index (κ2) is 6.55. The maximum Gasteiger partial charge on any atom is 0.251 e. The molecule has 1 aliphatic rings. The van der Waals surface area contributed by atoms with Crippen molar-refractivity contribution in [1.82, 2.24) is 10.6 Å². The Morgan fingerprint density at radius 3 is 2.78 bits per heavy atom. The van der Waals surface area contributed by atoms with Crippen LogP contribution in [-0.4, -0.2) is 25.5 Å². The summed E-state index contributed by atoms with van der Waals surface area (Å²) in [5, 5.41) is 6.39. The van der Waals surface area contributed by atoms with E-state index in [9.17, 15) is 4.79 Å². The van der Waals surface area contributed by atoms with Gasteiger partial charge >= 0.3 is 0 Å². The molecule has 1 amide bonds. The molecule has 18 heavy (non-hydrogen) atoms. The molecule has 3 nitrogen and oxygen atoms in total. The zero-order chi connectivity index (χ0) is 12.8. The van der Waals surface area contributed by atoms with E-state index in [1.807, 2.05) is 31.2 Å². The van der Waals surface area contributed by atoms with Crippen molar-refractivity contribution in [2.24, 2.45) is 5.92 Å². The van der Waals surface area contributed by atoms with Crippen molar-refractivity contribution < 1.29 is 4.79 Å². The number of carbonyl (C=O) groups is 1. The average Bonchev–Trinajstić information content (AvgIpc) is 2.40. The molecule has 2 rings (SSSR count). The summed E-state index contributed by atoms with van der Waals surface area (Å²) in [5.41, 5.74) is 1.83. The van der Waals surface area contributed by atoms with Gasteiger partial charge in [0.1, 0.15) is 0 Å². The van der Waals surface area contributed by atoms with E-state index in [0.717, 1.165) is 43.1 Å². The highest BCUT2D eigenvalue weighted by Gasteiger charge is 2.13. The monoisotopic (exact) mass is 246 g/mol. The molecule has 1 aliphatic heterocycles. The fraction of sp³-hybridized carbons (Fsp3) is 0.533. The summed E-state index contributed by atoms with van der Waals surface area (Å²) in [4.78, 5) is 12.0. The van der Waals surface area contributed by atoms with Crippen molar-refractivity contribution >= 4 is 5.91 Å². The van der Waals surface area contributed by atoms with Gasteiger partial charge in [0.15, 0.2) is 0 Å². The molecule has 98 valence electrons. The smallest absolute Gasteiger partial charge is 0.251 e. The van der Waals surface area contributed by atoms with E-state index in [1.54, 1.807) is 0 Å². The van der Waals surface area contributed by atoms with Gasteiger partial charge in [-0.05, 0) is 56.8 Å². The molecule has 0 saturated carbocycles. The van der Waals surface area contributed by atoms with Crippen LogP contribution in [0.1, 0.15) is 35.2 Å². The van der Waals surface area contributed by atoms with Gasteiger partial charge in [-0.25, -0.2) is 0 Å². The molecule has 1 fully saturated rings. The van der Waals surface area contributed by atoms with Crippen LogP contribution in [0.4, 0.5) is 0 Å². The van der Waals surface area contributed by atoms with Gasteiger partial charge in [-0.2, -0.15) is 0 Å². The highest BCUT2D eigenvalue weighted by molar-refractivity contribution is 5.95. The quantitative estimate of drug-likeness (QED) is 0.854. The van der Waals surface area contributed by atoms with Crippen molar-refractivity contribution in [3.63, 3.8) is 0 Å². The summed E-state index contributed by atoms with van der Waals surface area (Å²) in [6.45, 7) is 5.01. The Hall–Kier alpha value is -1.35. The number of benzene rings is 1. The summed E-state index contributed by atoms with van der Waals surface area (Å²) >= 11 is 0. The van der Waals surface area contributed by atoms with Crippen LogP contribution in [0.5, 0.6) is 0 Å². The van der Waals surface area contributed by atoms with Crippen molar-refractivity contribution in [3.8, 4) is 0 Å². The van der Waals surface area contributed by atoms with Crippen LogP contribution in [0, 0.1) is 12.8 Å². The molecular weight excluding hydrogens is 224 g/mol. The van der Waals surface area contributed by atoms with Crippen LogP contribution in [0.25, 0.3) is 0 Å². The van der Waals surface area contributed by atoms with Gasteiger partial charge in [-0.3, -0.25) is 4.79 Å². The van der Waals surface area contributed by atoms with Gasteiger partial charge < -0.3 is 10.6 Å². The first-order valence-electron chi connectivity index (χ1n) is 6.82. The molecule has 1 aromatic carbocycles. The Balaban J connectivity index is 1.76. The summed E-state index contributed by atoms with van der Waals surface area (Å²) in [6, 6.07) is 7.73. The predicted octanol–water partition coefficient (Wildman–Crippen LogP) is 2.11. The number of hydrogen-bond donors (Lipinski definition) is 2. The number of piperidine rings is 1. The predicted molar refractivity (Wildman–Crippen MR) is 73.7 cm³/mol. The Bertz CT molecular complexity index is 397. The van der Waals surface area contributed by atoms with E-state index in [2.05, 4.69) is 10.6 Å². The topological polar surface area (TPSA) is 41.1 Å². The fourth-order valence-corrected chi connectivity index (χ4v) is 2.48. The first-order valence-corrected chi connectivity index (χ1v) is 6.82. The van der Waals surface area contributed by atoms with Gasteiger partial charge in [0.05, 0.1) is 0 Å². The Labute approximate surface area is 109 Å². The molecule has 0 atom stereocenters. The van der Waals surface area contributed by atoms with E-state index in [4.69, 9.17) is 0 Å². The molecule has 2 N–H and O–H groups in total. The Morgan fingerprint density at radius 2 is 2.06 bits per heavy atom. The molecule has 3 heteroatoms. The molecule has 0 radical (unpaired) electrons. The summed E-state index contributed by atoms with van der Waals surface area (Å²) in [5.74, 6) is 0.824. The lowest BCUT2D eigenvalue weighted by Crippen LogP contribution is -2.31. The Kier molecular flexibility index (Phi) is 4.76. The minimum Gasteiger partial charge on any atom is -0.352 e. The lowest BCUT2D eigenvalue weighted by atomic mass is 9.95. The number of rotatable bonds is 4. The van der Waals surface area contributed by atoms with Crippen LogP contribution in [-0.2, 0) is 0 Å². The van der Waals surface area contributed by atoms with E-state index >= 15 is 0 Å². The third-order valence-electron chi connectivity index (χ3n) is 3.69. The number of hydrogen-bond acceptors (Lipinski definition) is 2. The average molecular weight is 246 g/mol. The van der Waals surface area contributed by atoms with Crippen molar-refractivity contribution in [3.05, 3.63) is 35.4 Å². The number of aryl methyl sites for hydroxylation is 1. The van der Waals surface area contributed by atoms with Crippen LogP contribution < -0.4 is 10.6 Å². The molecule has 1 aromatic rings. The van der Waals surface area contributed by atoms with Gasteiger partial charge in [0, 0.05) is 12.1 Å². The highest BCUT2D eigenvalue weighted by Crippen LogP contribution is 2.15. The normalized spacial score (nSPS) is 16.5. The van der Waals surface area contributed by atoms with Crippen molar-refractivity contribution in [2.45, 2.75) is 26.2 Å². The molecule has 0 bridgehead atoms.